The molecule has 1 aromatic heterocycles. The van der Waals surface area contributed by atoms with Gasteiger partial charge in [-0.2, -0.15) is 0 Å². The predicted molar refractivity (Wildman–Crippen MR) is 116 cm³/mol. The van der Waals surface area contributed by atoms with Crippen LogP contribution in [0, 0.1) is 0 Å². The highest BCUT2D eigenvalue weighted by molar-refractivity contribution is 9.10. The van der Waals surface area contributed by atoms with Crippen molar-refractivity contribution in [3.05, 3.63) is 89.2 Å². The van der Waals surface area contributed by atoms with Crippen molar-refractivity contribution in [3.63, 3.8) is 0 Å². The highest BCUT2D eigenvalue weighted by Crippen LogP contribution is 2.24. The summed E-state index contributed by atoms with van der Waals surface area (Å²) in [6.07, 6.45) is -0.699. The van der Waals surface area contributed by atoms with Gasteiger partial charge in [0.2, 0.25) is 0 Å². The third-order valence-corrected chi connectivity index (χ3v) is 5.16. The smallest absolute Gasteiger partial charge is 0.148 e. The highest BCUT2D eigenvalue weighted by atomic mass is 79.9. The quantitative estimate of drug-likeness (QED) is 0.416. The molecule has 0 aliphatic carbocycles. The molecule has 0 aliphatic heterocycles. The Balaban J connectivity index is 1.49. The third kappa shape index (κ3) is 4.78. The van der Waals surface area contributed by atoms with E-state index < -0.39 is 6.10 Å². The normalized spacial score (nSPS) is 12.1. The van der Waals surface area contributed by atoms with Crippen molar-refractivity contribution in [2.75, 3.05) is 6.61 Å². The number of benzene rings is 3. The number of fused-ring (bicyclic) bond motifs is 1. The first-order chi connectivity index (χ1) is 14.2. The number of aliphatic hydroxyl groups excluding tert-OH is 1. The summed E-state index contributed by atoms with van der Waals surface area (Å²) in [6, 6.07) is 25.1. The molecule has 1 unspecified atom stereocenters. The zero-order valence-corrected chi connectivity index (χ0v) is 17.3. The molecule has 0 fully saturated rings. The van der Waals surface area contributed by atoms with Crippen LogP contribution in [0.2, 0.25) is 0 Å². The molecule has 0 saturated carbocycles. The van der Waals surface area contributed by atoms with Gasteiger partial charge in [-0.15, -0.1) is 0 Å². The molecule has 148 valence electrons. The van der Waals surface area contributed by atoms with Crippen molar-refractivity contribution in [3.8, 4) is 11.5 Å². The van der Waals surface area contributed by atoms with Crippen LogP contribution in [0.15, 0.2) is 83.3 Å². The molecule has 3 aromatic carbocycles. The molecule has 4 rings (SSSR count). The van der Waals surface area contributed by atoms with Crippen LogP contribution in [0.4, 0.5) is 0 Å². The lowest BCUT2D eigenvalue weighted by Crippen LogP contribution is -2.25. The number of aliphatic hydroxyl groups is 1. The van der Waals surface area contributed by atoms with Crippen molar-refractivity contribution in [2.24, 2.45) is 0 Å². The molecule has 0 aliphatic rings. The Hall–Kier alpha value is -2.83. The molecule has 6 heteroatoms. The summed E-state index contributed by atoms with van der Waals surface area (Å²) in [6.45, 7) is 0.850. The second-order valence-electron chi connectivity index (χ2n) is 6.62. The molecule has 1 heterocycles. The number of hydrogen-bond acceptors (Lipinski definition) is 4. The van der Waals surface area contributed by atoms with Gasteiger partial charge in [0.15, 0.2) is 0 Å². The maximum absolute atomic E-state index is 10.6. The van der Waals surface area contributed by atoms with E-state index in [1.165, 1.54) is 0 Å². The fraction of sp³-hybridized carbons (Fsp3) is 0.174. The van der Waals surface area contributed by atoms with Crippen molar-refractivity contribution in [2.45, 2.75) is 19.3 Å². The van der Waals surface area contributed by atoms with E-state index in [0.717, 1.165) is 27.1 Å². The Morgan fingerprint density at radius 3 is 2.45 bits per heavy atom. The van der Waals surface area contributed by atoms with Gasteiger partial charge >= 0.3 is 0 Å². The van der Waals surface area contributed by atoms with Gasteiger partial charge in [-0.25, -0.2) is 4.98 Å². The van der Waals surface area contributed by atoms with Crippen LogP contribution in [0.1, 0.15) is 5.82 Å². The molecule has 0 amide bonds. The molecule has 0 saturated heterocycles. The molecule has 0 bridgehead atoms. The Morgan fingerprint density at radius 1 is 0.897 bits per heavy atom. The Kier molecular flexibility index (Phi) is 6.12. The lowest BCUT2D eigenvalue weighted by molar-refractivity contribution is 0.0914. The van der Waals surface area contributed by atoms with Gasteiger partial charge in [-0.1, -0.05) is 42.5 Å². The Bertz CT molecular complexity index is 1080. The number of imidazole rings is 1. The molecule has 0 spiro atoms. The number of aromatic nitrogens is 2. The lowest BCUT2D eigenvalue weighted by atomic mass is 10.3. The van der Waals surface area contributed by atoms with Crippen LogP contribution >= 0.6 is 15.9 Å². The van der Waals surface area contributed by atoms with Gasteiger partial charge in [0.1, 0.15) is 36.6 Å². The summed E-state index contributed by atoms with van der Waals surface area (Å²) in [4.78, 5) is 4.69. The van der Waals surface area contributed by atoms with E-state index in [1.54, 1.807) is 0 Å². The average molecular weight is 453 g/mol. The summed E-state index contributed by atoms with van der Waals surface area (Å²) in [5.74, 6) is 2.24. The lowest BCUT2D eigenvalue weighted by Gasteiger charge is -2.16. The van der Waals surface area contributed by atoms with Crippen molar-refractivity contribution in [1.82, 2.24) is 9.55 Å². The van der Waals surface area contributed by atoms with Crippen molar-refractivity contribution >= 4 is 27.0 Å². The maximum Gasteiger partial charge on any atom is 0.148 e. The number of rotatable bonds is 8. The summed E-state index contributed by atoms with van der Waals surface area (Å²) in [5.41, 5.74) is 1.83. The molecule has 1 N–H and O–H groups in total. The second kappa shape index (κ2) is 9.11. The standard InChI is InChI=1S/C23H21BrN2O3/c24-19-10-4-7-13-22(19)29-15-17(27)14-26-21-12-6-5-11-20(21)25-23(26)16-28-18-8-2-1-3-9-18/h1-13,17,27H,14-16H2. The number of ether oxygens (including phenoxy) is 2. The number of nitrogens with zero attached hydrogens (tertiary/aromatic N) is 2. The topological polar surface area (TPSA) is 56.5 Å². The van der Waals surface area contributed by atoms with Crippen LogP contribution in [0.3, 0.4) is 0 Å². The first kappa shape index (κ1) is 19.5. The summed E-state index contributed by atoms with van der Waals surface area (Å²) >= 11 is 3.46. The average Bonchev–Trinajstić information content (AvgIpc) is 3.10. The minimum Gasteiger partial charge on any atom is -0.490 e. The summed E-state index contributed by atoms with van der Waals surface area (Å²) in [5, 5.41) is 10.6. The minimum absolute atomic E-state index is 0.175. The van der Waals surface area contributed by atoms with Crippen molar-refractivity contribution < 1.29 is 14.6 Å². The molecule has 4 aromatic rings. The van der Waals surface area contributed by atoms with Gasteiger partial charge in [0, 0.05) is 0 Å². The van der Waals surface area contributed by atoms with E-state index in [1.807, 2.05) is 83.4 Å². The summed E-state index contributed by atoms with van der Waals surface area (Å²) in [7, 11) is 0. The van der Waals surface area contributed by atoms with Crippen LogP contribution in [0.25, 0.3) is 11.0 Å². The second-order valence-corrected chi connectivity index (χ2v) is 7.48. The monoisotopic (exact) mass is 452 g/mol. The van der Waals surface area contributed by atoms with Crippen LogP contribution in [-0.2, 0) is 13.2 Å². The van der Waals surface area contributed by atoms with E-state index in [0.29, 0.717) is 18.9 Å². The molecule has 5 nitrogen and oxygen atoms in total. The van der Waals surface area contributed by atoms with Crippen molar-refractivity contribution in [1.29, 1.82) is 0 Å². The van der Waals surface area contributed by atoms with Gasteiger partial charge < -0.3 is 19.1 Å². The number of halogens is 1. The van der Waals surface area contributed by atoms with Crippen LogP contribution in [0.5, 0.6) is 11.5 Å². The van der Waals surface area contributed by atoms with Gasteiger partial charge in [-0.05, 0) is 52.3 Å². The Morgan fingerprint density at radius 2 is 1.62 bits per heavy atom. The Labute approximate surface area is 177 Å². The van der Waals surface area contributed by atoms with E-state index in [2.05, 4.69) is 15.9 Å². The van der Waals surface area contributed by atoms with E-state index in [9.17, 15) is 5.11 Å². The fourth-order valence-electron chi connectivity index (χ4n) is 3.12. The summed E-state index contributed by atoms with van der Waals surface area (Å²) < 4.78 is 14.5. The molecule has 1 atom stereocenters. The van der Waals surface area contributed by atoms with Crippen LogP contribution < -0.4 is 9.47 Å². The van der Waals surface area contributed by atoms with E-state index in [4.69, 9.17) is 14.5 Å². The molecular weight excluding hydrogens is 432 g/mol. The molecule has 0 radical (unpaired) electrons. The van der Waals surface area contributed by atoms with E-state index in [-0.39, 0.29) is 6.61 Å². The highest BCUT2D eigenvalue weighted by Gasteiger charge is 2.15. The van der Waals surface area contributed by atoms with E-state index >= 15 is 0 Å². The van der Waals surface area contributed by atoms with Crippen LogP contribution in [-0.4, -0.2) is 27.4 Å². The first-order valence-electron chi connectivity index (χ1n) is 9.38. The predicted octanol–water partition coefficient (Wildman–Crippen LogP) is 4.82. The minimum atomic E-state index is -0.699. The van der Waals surface area contributed by atoms with Gasteiger partial charge in [-0.3, -0.25) is 0 Å². The van der Waals surface area contributed by atoms with Gasteiger partial charge in [0.05, 0.1) is 22.1 Å². The fourth-order valence-corrected chi connectivity index (χ4v) is 3.51. The molecule has 29 heavy (non-hydrogen) atoms. The first-order valence-corrected chi connectivity index (χ1v) is 10.2. The maximum atomic E-state index is 10.6. The SMILES string of the molecule is OC(COc1ccccc1Br)Cn1c(COc2ccccc2)nc2ccccc21. The van der Waals surface area contributed by atoms with Gasteiger partial charge in [0.25, 0.3) is 0 Å². The number of hydrogen-bond donors (Lipinski definition) is 1. The largest absolute Gasteiger partial charge is 0.490 e. The zero-order valence-electron chi connectivity index (χ0n) is 15.7. The molecular formula is C23H21BrN2O3. The zero-order chi connectivity index (χ0) is 20.1. The number of para-hydroxylation sites is 4. The third-order valence-electron chi connectivity index (χ3n) is 4.51.